The SMILES string of the molecule is CC.CC.C[Si]1(C)C=Cc2ccccc21. The van der Waals surface area contributed by atoms with Crippen molar-refractivity contribution in [3.63, 3.8) is 0 Å². The molecule has 0 N–H and O–H groups in total. The Morgan fingerprint density at radius 1 is 0.867 bits per heavy atom. The highest BCUT2D eigenvalue weighted by molar-refractivity contribution is 6.96. The molecule has 0 fully saturated rings. The molecule has 1 aromatic rings. The Bertz CT molecular complexity index is 311. The first-order valence-electron chi connectivity index (χ1n) is 5.99. The minimum Gasteiger partial charge on any atom is -0.0897 e. The topological polar surface area (TPSA) is 0 Å². The third-order valence-corrected chi connectivity index (χ3v) is 5.18. The van der Waals surface area contributed by atoms with Crippen molar-refractivity contribution < 1.29 is 0 Å². The molecule has 0 aliphatic carbocycles. The van der Waals surface area contributed by atoms with Gasteiger partial charge < -0.3 is 0 Å². The zero-order valence-corrected chi connectivity index (χ0v) is 12.0. The first-order chi connectivity index (χ1) is 7.20. The van der Waals surface area contributed by atoms with Crippen LogP contribution in [0.4, 0.5) is 0 Å². The van der Waals surface area contributed by atoms with Gasteiger partial charge in [-0.1, -0.05) is 76.8 Å². The first kappa shape index (κ1) is 14.2. The summed E-state index contributed by atoms with van der Waals surface area (Å²) in [7, 11) is -1.14. The van der Waals surface area contributed by atoms with Gasteiger partial charge in [-0.15, -0.1) is 0 Å². The second-order valence-electron chi connectivity index (χ2n) is 3.64. The molecule has 0 bridgehead atoms. The van der Waals surface area contributed by atoms with Gasteiger partial charge in [-0.3, -0.25) is 0 Å². The van der Waals surface area contributed by atoms with Gasteiger partial charge in [-0.25, -0.2) is 0 Å². The standard InChI is InChI=1S/C10H12Si.2C2H6/c1-11(2)8-7-9-5-3-4-6-10(9)11;2*1-2/h3-8H,1-2H3;2*1-2H3. The highest BCUT2D eigenvalue weighted by Gasteiger charge is 2.25. The van der Waals surface area contributed by atoms with Crippen LogP contribution in [-0.2, 0) is 0 Å². The maximum absolute atomic E-state index is 2.40. The number of hydrogen-bond donors (Lipinski definition) is 0. The quantitative estimate of drug-likeness (QED) is 0.574. The van der Waals surface area contributed by atoms with E-state index in [0.717, 1.165) is 0 Å². The van der Waals surface area contributed by atoms with Crippen LogP contribution in [0.15, 0.2) is 30.0 Å². The summed E-state index contributed by atoms with van der Waals surface area (Å²) in [5.74, 6) is 0. The lowest BCUT2D eigenvalue weighted by Gasteiger charge is -2.14. The van der Waals surface area contributed by atoms with Crippen LogP contribution in [0.2, 0.25) is 13.1 Å². The molecule has 1 aromatic carbocycles. The van der Waals surface area contributed by atoms with E-state index in [0.29, 0.717) is 0 Å². The molecule has 1 heterocycles. The van der Waals surface area contributed by atoms with Crippen molar-refractivity contribution in [2.24, 2.45) is 0 Å². The Labute approximate surface area is 96.0 Å². The number of fused-ring (bicyclic) bond motifs is 1. The largest absolute Gasteiger partial charge is 0.104 e. The van der Waals surface area contributed by atoms with Crippen LogP contribution in [0.1, 0.15) is 33.3 Å². The molecule has 1 aliphatic heterocycles. The molecule has 0 nitrogen and oxygen atoms in total. The van der Waals surface area contributed by atoms with Crippen LogP contribution in [-0.4, -0.2) is 8.07 Å². The third kappa shape index (κ3) is 3.35. The Balaban J connectivity index is 0.000000442. The second kappa shape index (κ2) is 6.62. The molecular weight excluding hydrogens is 196 g/mol. The molecule has 1 heteroatoms. The Hall–Kier alpha value is -0.823. The fourth-order valence-electron chi connectivity index (χ4n) is 1.62. The summed E-state index contributed by atoms with van der Waals surface area (Å²) in [4.78, 5) is 0. The molecule has 0 aromatic heterocycles. The molecule has 0 radical (unpaired) electrons. The van der Waals surface area contributed by atoms with E-state index in [1.54, 1.807) is 5.19 Å². The molecule has 15 heavy (non-hydrogen) atoms. The Kier molecular flexibility index (Phi) is 6.26. The van der Waals surface area contributed by atoms with Crippen LogP contribution in [0.25, 0.3) is 6.08 Å². The van der Waals surface area contributed by atoms with Crippen molar-refractivity contribution in [2.75, 3.05) is 0 Å². The monoisotopic (exact) mass is 220 g/mol. The maximum atomic E-state index is 2.40. The summed E-state index contributed by atoms with van der Waals surface area (Å²) in [6, 6.07) is 8.72. The fourth-order valence-corrected chi connectivity index (χ4v) is 3.83. The van der Waals surface area contributed by atoms with E-state index >= 15 is 0 Å². The molecular formula is C14H24Si. The van der Waals surface area contributed by atoms with E-state index in [-0.39, 0.29) is 0 Å². The molecule has 0 unspecified atom stereocenters. The lowest BCUT2D eigenvalue weighted by molar-refractivity contribution is 1.50. The van der Waals surface area contributed by atoms with Gasteiger partial charge in [0.05, 0.1) is 0 Å². The van der Waals surface area contributed by atoms with Gasteiger partial charge >= 0.3 is 0 Å². The maximum Gasteiger partial charge on any atom is 0.104 e. The average molecular weight is 220 g/mol. The van der Waals surface area contributed by atoms with Crippen molar-refractivity contribution in [3.8, 4) is 0 Å². The highest BCUT2D eigenvalue weighted by atomic mass is 28.3. The van der Waals surface area contributed by atoms with Gasteiger partial charge in [-0.2, -0.15) is 0 Å². The zero-order valence-electron chi connectivity index (χ0n) is 11.0. The van der Waals surface area contributed by atoms with Gasteiger partial charge in [0, 0.05) is 0 Å². The summed E-state index contributed by atoms with van der Waals surface area (Å²) in [5, 5.41) is 1.58. The molecule has 2 rings (SSSR count). The second-order valence-corrected chi connectivity index (χ2v) is 7.96. The fraction of sp³-hybridized carbons (Fsp3) is 0.429. The van der Waals surface area contributed by atoms with Crippen molar-refractivity contribution in [1.29, 1.82) is 0 Å². The van der Waals surface area contributed by atoms with E-state index in [1.165, 1.54) is 5.56 Å². The van der Waals surface area contributed by atoms with E-state index in [2.05, 4.69) is 49.1 Å². The minimum absolute atomic E-state index is 1.14. The molecule has 0 amide bonds. The van der Waals surface area contributed by atoms with Gasteiger partial charge in [0.2, 0.25) is 0 Å². The zero-order chi connectivity index (χ0) is 11.9. The molecule has 0 atom stereocenters. The predicted octanol–water partition coefficient (Wildman–Crippen LogP) is 4.22. The minimum atomic E-state index is -1.14. The van der Waals surface area contributed by atoms with Gasteiger partial charge in [-0.05, 0) is 10.8 Å². The van der Waals surface area contributed by atoms with Crippen molar-refractivity contribution in [1.82, 2.24) is 0 Å². The van der Waals surface area contributed by atoms with E-state index < -0.39 is 8.07 Å². The molecule has 0 saturated carbocycles. The van der Waals surface area contributed by atoms with Crippen LogP contribution < -0.4 is 5.19 Å². The van der Waals surface area contributed by atoms with Crippen LogP contribution >= 0.6 is 0 Å². The van der Waals surface area contributed by atoms with Gasteiger partial charge in [0.15, 0.2) is 0 Å². The number of hydrogen-bond acceptors (Lipinski definition) is 0. The van der Waals surface area contributed by atoms with E-state index in [1.807, 2.05) is 27.7 Å². The average Bonchev–Trinajstić information content (AvgIpc) is 2.62. The smallest absolute Gasteiger partial charge is 0.0897 e. The third-order valence-electron chi connectivity index (χ3n) is 2.33. The molecule has 1 aliphatic rings. The lowest BCUT2D eigenvalue weighted by Crippen LogP contribution is -2.37. The number of benzene rings is 1. The number of rotatable bonds is 0. The summed E-state index contributed by atoms with van der Waals surface area (Å²) < 4.78 is 0. The molecule has 0 spiro atoms. The predicted molar refractivity (Wildman–Crippen MR) is 75.3 cm³/mol. The van der Waals surface area contributed by atoms with E-state index in [4.69, 9.17) is 0 Å². The Morgan fingerprint density at radius 3 is 1.93 bits per heavy atom. The normalized spacial score (nSPS) is 14.3. The summed E-state index contributed by atoms with van der Waals surface area (Å²) in [6.07, 6.45) is 2.27. The van der Waals surface area contributed by atoms with Crippen molar-refractivity contribution in [2.45, 2.75) is 40.8 Å². The van der Waals surface area contributed by atoms with Crippen LogP contribution in [0, 0.1) is 0 Å². The van der Waals surface area contributed by atoms with Crippen molar-refractivity contribution >= 4 is 19.3 Å². The molecule has 84 valence electrons. The van der Waals surface area contributed by atoms with Gasteiger partial charge in [0.1, 0.15) is 8.07 Å². The van der Waals surface area contributed by atoms with Crippen LogP contribution in [0.5, 0.6) is 0 Å². The summed E-state index contributed by atoms with van der Waals surface area (Å²) >= 11 is 0. The first-order valence-corrected chi connectivity index (χ1v) is 9.07. The van der Waals surface area contributed by atoms with Gasteiger partial charge in [0.25, 0.3) is 0 Å². The highest BCUT2D eigenvalue weighted by Crippen LogP contribution is 2.17. The lowest BCUT2D eigenvalue weighted by atomic mass is 10.2. The van der Waals surface area contributed by atoms with Crippen LogP contribution in [0.3, 0.4) is 0 Å². The summed E-state index contributed by atoms with van der Waals surface area (Å²) in [6.45, 7) is 12.8. The Morgan fingerprint density at radius 2 is 1.40 bits per heavy atom. The molecule has 0 saturated heterocycles. The summed E-state index contributed by atoms with van der Waals surface area (Å²) in [5.41, 5.74) is 3.83. The van der Waals surface area contributed by atoms with Crippen molar-refractivity contribution in [3.05, 3.63) is 35.5 Å². The van der Waals surface area contributed by atoms with E-state index in [9.17, 15) is 0 Å².